The SMILES string of the molecule is COC(=O)C12CCC3(C)C(C(=O)C=C4C3(C)CCC3C(C)(C)C(=O)C5(C#N)OC5[C@]43C)C1CC(C)(C)C(=O)C2. The molecule has 0 bridgehead atoms. The predicted octanol–water partition coefficient (Wildman–Crippen LogP) is 4.77. The second kappa shape index (κ2) is 7.29. The van der Waals surface area contributed by atoms with Gasteiger partial charge < -0.3 is 9.47 Å². The normalized spacial score (nSPS) is 50.6. The number of esters is 1. The van der Waals surface area contributed by atoms with Crippen LogP contribution < -0.4 is 0 Å². The van der Waals surface area contributed by atoms with Crippen LogP contribution in [0.25, 0.3) is 0 Å². The Morgan fingerprint density at radius 3 is 2.33 bits per heavy atom. The van der Waals surface area contributed by atoms with Crippen LogP contribution in [0.1, 0.15) is 87.0 Å². The highest BCUT2D eigenvalue weighted by atomic mass is 16.6. The van der Waals surface area contributed by atoms with Gasteiger partial charge in [-0.15, -0.1) is 0 Å². The molecule has 1 heterocycles. The third-order valence-electron chi connectivity index (χ3n) is 13.2. The number of methoxy groups -OCH3 is 1. The molecule has 210 valence electrons. The lowest BCUT2D eigenvalue weighted by molar-refractivity contribution is -0.193. The lowest BCUT2D eigenvalue weighted by Gasteiger charge is -2.68. The second-order valence-electron chi connectivity index (χ2n) is 15.4. The summed E-state index contributed by atoms with van der Waals surface area (Å²) in [5.74, 6) is -1.25. The highest BCUT2D eigenvalue weighted by Gasteiger charge is 2.82. The number of rotatable bonds is 1. The Labute approximate surface area is 231 Å². The summed E-state index contributed by atoms with van der Waals surface area (Å²) in [5, 5.41) is 10.1. The van der Waals surface area contributed by atoms with Crippen LogP contribution in [-0.2, 0) is 28.7 Å². The largest absolute Gasteiger partial charge is 0.469 e. The van der Waals surface area contributed by atoms with E-state index in [1.54, 1.807) is 0 Å². The van der Waals surface area contributed by atoms with Gasteiger partial charge in [-0.25, -0.2) is 0 Å². The maximum absolute atomic E-state index is 14.5. The lowest BCUT2D eigenvalue weighted by atomic mass is 9.33. The lowest BCUT2D eigenvalue weighted by Crippen LogP contribution is -2.68. The molecule has 7 heteroatoms. The van der Waals surface area contributed by atoms with Gasteiger partial charge in [-0.3, -0.25) is 19.2 Å². The number of hydrogen-bond acceptors (Lipinski definition) is 7. The Bertz CT molecular complexity index is 1320. The van der Waals surface area contributed by atoms with Crippen LogP contribution in [0.3, 0.4) is 0 Å². The summed E-state index contributed by atoms with van der Waals surface area (Å²) in [4.78, 5) is 54.6. The number of carbonyl (C=O) groups is 4. The van der Waals surface area contributed by atoms with Crippen LogP contribution in [0.15, 0.2) is 11.6 Å². The van der Waals surface area contributed by atoms with E-state index in [1.165, 1.54) is 7.11 Å². The van der Waals surface area contributed by atoms with Crippen molar-refractivity contribution in [2.24, 2.45) is 50.2 Å². The monoisotopic (exact) mass is 535 g/mol. The summed E-state index contributed by atoms with van der Waals surface area (Å²) in [6, 6.07) is 2.21. The number of ketones is 3. The summed E-state index contributed by atoms with van der Waals surface area (Å²) in [6.07, 6.45) is 4.54. The van der Waals surface area contributed by atoms with Crippen LogP contribution in [0.4, 0.5) is 0 Å². The molecule has 0 spiro atoms. The third kappa shape index (κ3) is 2.73. The van der Waals surface area contributed by atoms with Gasteiger partial charge in [0.05, 0.1) is 12.5 Å². The number of allylic oxidation sites excluding steroid dienone is 1. The number of nitrogens with zero attached hydrogens (tertiary/aromatic N) is 1. The molecule has 4 saturated carbocycles. The van der Waals surface area contributed by atoms with Gasteiger partial charge in [0, 0.05) is 28.6 Å². The van der Waals surface area contributed by atoms with Crippen molar-refractivity contribution >= 4 is 23.3 Å². The van der Waals surface area contributed by atoms with Crippen molar-refractivity contribution in [1.82, 2.24) is 0 Å². The smallest absolute Gasteiger partial charge is 0.312 e. The van der Waals surface area contributed by atoms with Crippen molar-refractivity contribution in [3.05, 3.63) is 11.6 Å². The number of Topliss-reactive ketones (excluding diaryl/α,β-unsaturated/α-hetero) is 2. The average molecular weight is 536 g/mol. The van der Waals surface area contributed by atoms with Crippen LogP contribution >= 0.6 is 0 Å². The fraction of sp³-hybridized carbons (Fsp3) is 0.781. The molecule has 0 N–H and O–H groups in total. The Balaban J connectivity index is 1.53. The first-order chi connectivity index (χ1) is 17.9. The van der Waals surface area contributed by atoms with E-state index in [2.05, 4.69) is 26.8 Å². The first kappa shape index (κ1) is 26.9. The van der Waals surface area contributed by atoms with Crippen LogP contribution in [0.5, 0.6) is 0 Å². The minimum Gasteiger partial charge on any atom is -0.469 e. The molecule has 39 heavy (non-hydrogen) atoms. The molecule has 6 rings (SSSR count). The molecule has 0 aromatic heterocycles. The molecule has 6 aliphatic rings. The highest BCUT2D eigenvalue weighted by Crippen LogP contribution is 2.77. The first-order valence-corrected chi connectivity index (χ1v) is 14.5. The number of nitriles is 1. The number of hydrogen-bond donors (Lipinski definition) is 0. The summed E-state index contributed by atoms with van der Waals surface area (Å²) in [7, 11) is 1.37. The van der Waals surface area contributed by atoms with E-state index in [-0.39, 0.29) is 41.6 Å². The Morgan fingerprint density at radius 2 is 1.72 bits per heavy atom. The zero-order chi connectivity index (χ0) is 28.8. The fourth-order valence-corrected chi connectivity index (χ4v) is 10.8. The van der Waals surface area contributed by atoms with Crippen LogP contribution in [-0.4, -0.2) is 42.1 Å². The molecule has 0 radical (unpaired) electrons. The van der Waals surface area contributed by atoms with E-state index in [9.17, 15) is 24.4 Å². The molecule has 9 atom stereocenters. The molecule has 1 saturated heterocycles. The Morgan fingerprint density at radius 1 is 1.05 bits per heavy atom. The van der Waals surface area contributed by atoms with Gasteiger partial charge in [0.2, 0.25) is 5.60 Å². The van der Waals surface area contributed by atoms with Gasteiger partial charge in [-0.1, -0.05) is 54.0 Å². The quantitative estimate of drug-likeness (QED) is 0.351. The molecule has 1 aliphatic heterocycles. The van der Waals surface area contributed by atoms with E-state index in [1.807, 2.05) is 33.8 Å². The first-order valence-electron chi connectivity index (χ1n) is 14.5. The number of fused-ring (bicyclic) bond motifs is 9. The van der Waals surface area contributed by atoms with E-state index in [0.29, 0.717) is 19.3 Å². The maximum atomic E-state index is 14.5. The second-order valence-corrected chi connectivity index (χ2v) is 15.4. The fourth-order valence-electron chi connectivity index (χ4n) is 10.8. The van der Waals surface area contributed by atoms with Gasteiger partial charge in [-0.2, -0.15) is 5.26 Å². The topological polar surface area (TPSA) is 114 Å². The zero-order valence-corrected chi connectivity index (χ0v) is 24.5. The molecule has 7 nitrogen and oxygen atoms in total. The van der Waals surface area contributed by atoms with E-state index < -0.39 is 50.1 Å². The number of ether oxygens (including phenoxy) is 2. The molecular formula is C32H41NO6. The van der Waals surface area contributed by atoms with E-state index in [0.717, 1.165) is 18.4 Å². The minimum absolute atomic E-state index is 0.00658. The van der Waals surface area contributed by atoms with Gasteiger partial charge in [0.25, 0.3) is 0 Å². The van der Waals surface area contributed by atoms with Gasteiger partial charge >= 0.3 is 5.97 Å². The van der Waals surface area contributed by atoms with Crippen LogP contribution in [0, 0.1) is 61.6 Å². The molecule has 0 aromatic rings. The minimum atomic E-state index is -1.45. The number of carbonyl (C=O) groups excluding carboxylic acids is 4. The summed E-state index contributed by atoms with van der Waals surface area (Å²) in [5.41, 5.74) is -4.31. The highest BCUT2D eigenvalue weighted by molar-refractivity contribution is 6.01. The van der Waals surface area contributed by atoms with Gasteiger partial charge in [-0.05, 0) is 60.8 Å². The molecular weight excluding hydrogens is 494 g/mol. The molecule has 0 amide bonds. The van der Waals surface area contributed by atoms with Crippen molar-refractivity contribution in [3.63, 3.8) is 0 Å². The summed E-state index contributed by atoms with van der Waals surface area (Å²) >= 11 is 0. The van der Waals surface area contributed by atoms with E-state index >= 15 is 0 Å². The third-order valence-corrected chi connectivity index (χ3v) is 13.2. The zero-order valence-electron chi connectivity index (χ0n) is 24.5. The van der Waals surface area contributed by atoms with Crippen molar-refractivity contribution in [2.75, 3.05) is 7.11 Å². The van der Waals surface area contributed by atoms with Crippen molar-refractivity contribution in [3.8, 4) is 6.07 Å². The molecule has 5 aliphatic carbocycles. The number of epoxide rings is 1. The van der Waals surface area contributed by atoms with Crippen molar-refractivity contribution < 1.29 is 28.7 Å². The Hall–Kier alpha value is -2.33. The van der Waals surface area contributed by atoms with Crippen LogP contribution in [0.2, 0.25) is 0 Å². The molecule has 8 unspecified atom stereocenters. The molecule has 5 fully saturated rings. The average Bonchev–Trinajstić information content (AvgIpc) is 3.62. The molecule has 0 aromatic carbocycles. The standard InChI is InChI=1S/C32H41NO6/c1-26(2)14-17-22-18(34)13-20-28(5,29(22,6)11-12-31(17,15-21(26)35)25(37)38-8)10-9-19-27(3,4)23(36)32(16-33)24(39-32)30(19,20)7/h13,17,19,22,24H,9-12,14-15H2,1-8H3/t17?,19?,22?,24?,28?,29?,30-,31?,32?/m0/s1. The Kier molecular flexibility index (Phi) is 5.03. The van der Waals surface area contributed by atoms with E-state index in [4.69, 9.17) is 9.47 Å². The van der Waals surface area contributed by atoms with Gasteiger partial charge in [0.1, 0.15) is 18.0 Å². The van der Waals surface area contributed by atoms with Gasteiger partial charge in [0.15, 0.2) is 11.6 Å². The summed E-state index contributed by atoms with van der Waals surface area (Å²) in [6.45, 7) is 14.3. The maximum Gasteiger partial charge on any atom is 0.312 e. The van der Waals surface area contributed by atoms with Crippen molar-refractivity contribution in [2.45, 2.75) is 98.7 Å². The predicted molar refractivity (Wildman–Crippen MR) is 141 cm³/mol. The summed E-state index contributed by atoms with van der Waals surface area (Å²) < 4.78 is 11.4. The van der Waals surface area contributed by atoms with Crippen molar-refractivity contribution in [1.29, 1.82) is 5.26 Å².